The smallest absolute Gasteiger partial charge is 0.244 e. The van der Waals surface area contributed by atoms with Crippen LogP contribution in [-0.2, 0) is 14.4 Å². The fourth-order valence-corrected chi connectivity index (χ4v) is 4.79. The summed E-state index contributed by atoms with van der Waals surface area (Å²) in [7, 11) is 0. The molecule has 0 aromatic heterocycles. The van der Waals surface area contributed by atoms with Gasteiger partial charge in [0.15, 0.2) is 0 Å². The Morgan fingerprint density at radius 3 is 2.69 bits per heavy atom. The monoisotopic (exact) mass is 419 g/mol. The van der Waals surface area contributed by atoms with Gasteiger partial charge < -0.3 is 19.9 Å². The summed E-state index contributed by atoms with van der Waals surface area (Å²) >= 11 is 1.56. The summed E-state index contributed by atoms with van der Waals surface area (Å²) in [5, 5.41) is 2.96. The van der Waals surface area contributed by atoms with Gasteiger partial charge in [-0.3, -0.25) is 14.4 Å². The third kappa shape index (κ3) is 4.86. The molecule has 3 rings (SSSR count). The number of carbonyl (C=O) groups excluding carboxylic acids is 3. The van der Waals surface area contributed by atoms with Crippen LogP contribution in [0.1, 0.15) is 34.1 Å². The number of carbonyl (C=O) groups is 3. The van der Waals surface area contributed by atoms with E-state index in [1.54, 1.807) is 21.6 Å². The molecule has 2 fully saturated rings. The summed E-state index contributed by atoms with van der Waals surface area (Å²) in [4.78, 5) is 41.8. The summed E-state index contributed by atoms with van der Waals surface area (Å²) in [6.45, 7) is 8.45. The van der Waals surface area contributed by atoms with Crippen molar-refractivity contribution in [2.45, 2.75) is 45.7 Å². The number of anilines is 1. The van der Waals surface area contributed by atoms with Gasteiger partial charge in [-0.1, -0.05) is 12.1 Å². The molecule has 8 heteroatoms. The molecular weight excluding hydrogens is 390 g/mol. The Hall–Kier alpha value is -2.22. The number of benzene rings is 1. The SMILES string of the molecule is CCOc1ccccc1N1CC(C(=O)N2CSCC2C(=O)NC(C)(C)C)CC1=O. The Balaban J connectivity index is 1.73. The van der Waals surface area contributed by atoms with Gasteiger partial charge in [-0.2, -0.15) is 0 Å². The minimum absolute atomic E-state index is 0.0990. The lowest BCUT2D eigenvalue weighted by Gasteiger charge is -2.29. The molecule has 2 saturated heterocycles. The summed E-state index contributed by atoms with van der Waals surface area (Å²) in [5.41, 5.74) is 0.329. The van der Waals surface area contributed by atoms with Crippen molar-refractivity contribution in [3.8, 4) is 5.75 Å². The van der Waals surface area contributed by atoms with Crippen LogP contribution in [0.2, 0.25) is 0 Å². The zero-order chi connectivity index (χ0) is 21.2. The predicted octanol–water partition coefficient (Wildman–Crippen LogP) is 2.25. The molecule has 7 nitrogen and oxygen atoms in total. The molecule has 1 N–H and O–H groups in total. The van der Waals surface area contributed by atoms with E-state index in [4.69, 9.17) is 4.74 Å². The molecule has 0 spiro atoms. The standard InChI is InChI=1S/C21H29N3O4S/c1-5-28-17-9-7-6-8-15(17)23-11-14(10-18(23)25)20(27)24-13-29-12-16(24)19(26)22-21(2,3)4/h6-9,14,16H,5,10-13H2,1-4H3,(H,22,26). The number of nitrogens with one attached hydrogen (secondary N) is 1. The molecule has 0 aliphatic carbocycles. The molecular formula is C21H29N3O4S. The van der Waals surface area contributed by atoms with E-state index in [0.29, 0.717) is 36.2 Å². The Kier molecular flexibility index (Phi) is 6.41. The number of hydrogen-bond acceptors (Lipinski definition) is 5. The van der Waals surface area contributed by atoms with Crippen LogP contribution in [0.4, 0.5) is 5.69 Å². The number of nitrogens with zero attached hydrogens (tertiary/aromatic N) is 2. The third-order valence-corrected chi connectivity index (χ3v) is 5.91. The highest BCUT2D eigenvalue weighted by molar-refractivity contribution is 7.99. The molecule has 2 heterocycles. The molecule has 1 aromatic rings. The van der Waals surface area contributed by atoms with E-state index in [0.717, 1.165) is 0 Å². The number of rotatable bonds is 5. The van der Waals surface area contributed by atoms with Crippen LogP contribution in [0.25, 0.3) is 0 Å². The summed E-state index contributed by atoms with van der Waals surface area (Å²) in [5.74, 6) is 0.856. The number of hydrogen-bond donors (Lipinski definition) is 1. The van der Waals surface area contributed by atoms with Crippen LogP contribution in [0.3, 0.4) is 0 Å². The van der Waals surface area contributed by atoms with E-state index in [1.165, 1.54) is 0 Å². The highest BCUT2D eigenvalue weighted by atomic mass is 32.2. The van der Waals surface area contributed by atoms with Crippen molar-refractivity contribution in [3.63, 3.8) is 0 Å². The van der Waals surface area contributed by atoms with E-state index in [9.17, 15) is 14.4 Å². The van der Waals surface area contributed by atoms with Gasteiger partial charge in [0.2, 0.25) is 17.7 Å². The average molecular weight is 420 g/mol. The molecule has 1 aromatic carbocycles. The van der Waals surface area contributed by atoms with Crippen molar-refractivity contribution in [2.75, 3.05) is 29.7 Å². The second kappa shape index (κ2) is 8.65. The van der Waals surface area contributed by atoms with Gasteiger partial charge in [-0.25, -0.2) is 0 Å². The zero-order valence-corrected chi connectivity index (χ0v) is 18.3. The molecule has 2 aliphatic heterocycles. The minimum atomic E-state index is -0.494. The summed E-state index contributed by atoms with van der Waals surface area (Å²) in [6.07, 6.45) is 0.147. The van der Waals surface area contributed by atoms with E-state index in [2.05, 4.69) is 5.32 Å². The lowest BCUT2D eigenvalue weighted by atomic mass is 10.1. The normalized spacial score (nSPS) is 22.1. The fourth-order valence-electron chi connectivity index (χ4n) is 3.63. The molecule has 0 bridgehead atoms. The molecule has 2 aliphatic rings. The molecule has 3 amide bonds. The fraction of sp³-hybridized carbons (Fsp3) is 0.571. The first-order valence-corrected chi connectivity index (χ1v) is 11.1. The first-order valence-electron chi connectivity index (χ1n) is 9.93. The van der Waals surface area contributed by atoms with Gasteiger partial charge in [-0.15, -0.1) is 11.8 Å². The average Bonchev–Trinajstić information content (AvgIpc) is 3.27. The maximum Gasteiger partial charge on any atom is 0.244 e. The zero-order valence-electron chi connectivity index (χ0n) is 17.4. The first-order chi connectivity index (χ1) is 13.7. The largest absolute Gasteiger partial charge is 0.492 e. The maximum absolute atomic E-state index is 13.2. The lowest BCUT2D eigenvalue weighted by molar-refractivity contribution is -0.141. The molecule has 0 saturated carbocycles. The number of amides is 3. The van der Waals surface area contributed by atoms with Gasteiger partial charge >= 0.3 is 0 Å². The van der Waals surface area contributed by atoms with Crippen LogP contribution >= 0.6 is 11.8 Å². The van der Waals surface area contributed by atoms with Crippen molar-refractivity contribution < 1.29 is 19.1 Å². The van der Waals surface area contributed by atoms with Crippen LogP contribution in [0, 0.1) is 5.92 Å². The molecule has 2 atom stereocenters. The van der Waals surface area contributed by atoms with Crippen molar-refractivity contribution in [2.24, 2.45) is 5.92 Å². The Morgan fingerprint density at radius 2 is 2.00 bits per heavy atom. The number of para-hydroxylation sites is 2. The second-order valence-corrected chi connectivity index (χ2v) is 9.37. The number of thioether (sulfide) groups is 1. The maximum atomic E-state index is 13.2. The molecule has 2 unspecified atom stereocenters. The van der Waals surface area contributed by atoms with Gasteiger partial charge in [-0.05, 0) is 39.8 Å². The van der Waals surface area contributed by atoms with Gasteiger partial charge in [0.1, 0.15) is 11.8 Å². The highest BCUT2D eigenvalue weighted by Crippen LogP contribution is 2.34. The van der Waals surface area contributed by atoms with Gasteiger partial charge in [0.25, 0.3) is 0 Å². The molecule has 158 valence electrons. The van der Waals surface area contributed by atoms with Crippen molar-refractivity contribution in [1.29, 1.82) is 0 Å². The quantitative estimate of drug-likeness (QED) is 0.792. The third-order valence-electron chi connectivity index (χ3n) is 4.90. The van der Waals surface area contributed by atoms with Crippen molar-refractivity contribution >= 4 is 35.2 Å². The Labute approximate surface area is 176 Å². The van der Waals surface area contributed by atoms with E-state index < -0.39 is 12.0 Å². The van der Waals surface area contributed by atoms with Gasteiger partial charge in [0.05, 0.1) is 24.1 Å². The Bertz CT molecular complexity index is 792. The van der Waals surface area contributed by atoms with Crippen LogP contribution in [-0.4, -0.2) is 59.0 Å². The minimum Gasteiger partial charge on any atom is -0.492 e. The van der Waals surface area contributed by atoms with Gasteiger partial charge in [0, 0.05) is 24.3 Å². The predicted molar refractivity (Wildman–Crippen MR) is 114 cm³/mol. The van der Waals surface area contributed by atoms with E-state index in [-0.39, 0.29) is 29.7 Å². The molecule has 29 heavy (non-hydrogen) atoms. The van der Waals surface area contributed by atoms with Crippen LogP contribution in [0.5, 0.6) is 5.75 Å². The van der Waals surface area contributed by atoms with E-state index in [1.807, 2.05) is 52.0 Å². The highest BCUT2D eigenvalue weighted by Gasteiger charge is 2.43. The van der Waals surface area contributed by atoms with Crippen molar-refractivity contribution in [3.05, 3.63) is 24.3 Å². The molecule has 0 radical (unpaired) electrons. The summed E-state index contributed by atoms with van der Waals surface area (Å²) < 4.78 is 5.64. The van der Waals surface area contributed by atoms with Crippen LogP contribution < -0.4 is 15.0 Å². The summed E-state index contributed by atoms with van der Waals surface area (Å²) in [6, 6.07) is 6.88. The first kappa shape index (κ1) is 21.5. The Morgan fingerprint density at radius 1 is 1.28 bits per heavy atom. The second-order valence-electron chi connectivity index (χ2n) is 8.37. The lowest BCUT2D eigenvalue weighted by Crippen LogP contribution is -2.53. The topological polar surface area (TPSA) is 79.0 Å². The van der Waals surface area contributed by atoms with Crippen LogP contribution in [0.15, 0.2) is 24.3 Å². The van der Waals surface area contributed by atoms with E-state index >= 15 is 0 Å². The number of ether oxygens (including phenoxy) is 1. The van der Waals surface area contributed by atoms with Crippen molar-refractivity contribution in [1.82, 2.24) is 10.2 Å².